The highest BCUT2D eigenvalue weighted by atomic mass is 16.5. The van der Waals surface area contributed by atoms with E-state index in [1.54, 1.807) is 7.05 Å². The highest BCUT2D eigenvalue weighted by molar-refractivity contribution is 5.79. The Hall–Kier alpha value is -2.30. The molecule has 0 saturated carbocycles. The Morgan fingerprint density at radius 1 is 1.20 bits per heavy atom. The molecule has 5 nitrogen and oxygen atoms in total. The molecule has 2 rings (SSSR count). The number of hydrogen-bond acceptors (Lipinski definition) is 3. The molecule has 0 saturated heterocycles. The monoisotopic (exact) mass is 342 g/mol. The number of benzene rings is 1. The van der Waals surface area contributed by atoms with E-state index in [-0.39, 0.29) is 5.41 Å². The first kappa shape index (κ1) is 19.0. The van der Waals surface area contributed by atoms with Crippen LogP contribution in [-0.2, 0) is 13.0 Å². The van der Waals surface area contributed by atoms with Crippen molar-refractivity contribution in [3.63, 3.8) is 0 Å². The molecule has 0 aliphatic heterocycles. The first-order chi connectivity index (χ1) is 11.9. The average Bonchev–Trinajstić information content (AvgIpc) is 3.05. The molecule has 0 aliphatic carbocycles. The van der Waals surface area contributed by atoms with Gasteiger partial charge in [0.2, 0.25) is 0 Å². The van der Waals surface area contributed by atoms with Crippen molar-refractivity contribution in [2.75, 3.05) is 13.6 Å². The van der Waals surface area contributed by atoms with E-state index < -0.39 is 0 Å². The van der Waals surface area contributed by atoms with Gasteiger partial charge >= 0.3 is 0 Å². The molecule has 1 aromatic carbocycles. The normalized spacial score (nSPS) is 12.5. The van der Waals surface area contributed by atoms with E-state index in [1.165, 1.54) is 5.56 Å². The van der Waals surface area contributed by atoms with Crippen molar-refractivity contribution in [2.45, 2.75) is 46.6 Å². The summed E-state index contributed by atoms with van der Waals surface area (Å²) in [7, 11) is 1.78. The molecule has 0 unspecified atom stereocenters. The summed E-state index contributed by atoms with van der Waals surface area (Å²) in [6.07, 6.45) is 1.01. The largest absolute Gasteiger partial charge is 0.359 e. The van der Waals surface area contributed by atoms with Crippen molar-refractivity contribution < 1.29 is 4.52 Å². The summed E-state index contributed by atoms with van der Waals surface area (Å²) < 4.78 is 5.35. The van der Waals surface area contributed by atoms with Gasteiger partial charge in [-0.05, 0) is 23.3 Å². The average molecular weight is 342 g/mol. The van der Waals surface area contributed by atoms with Gasteiger partial charge in [0, 0.05) is 19.7 Å². The predicted molar refractivity (Wildman–Crippen MR) is 103 cm³/mol. The smallest absolute Gasteiger partial charge is 0.191 e. The number of aliphatic imine (C=N–C) groups is 1. The van der Waals surface area contributed by atoms with Crippen LogP contribution in [0, 0.1) is 5.41 Å². The molecule has 2 aromatic rings. The number of hydrogen-bond donors (Lipinski definition) is 2. The van der Waals surface area contributed by atoms with E-state index in [4.69, 9.17) is 4.52 Å². The molecule has 1 heterocycles. The van der Waals surface area contributed by atoms with Gasteiger partial charge in [0.1, 0.15) is 0 Å². The Kier molecular flexibility index (Phi) is 6.62. The molecule has 0 spiro atoms. The van der Waals surface area contributed by atoms with Crippen LogP contribution in [0.25, 0.3) is 0 Å². The highest BCUT2D eigenvalue weighted by Crippen LogP contribution is 2.20. The Morgan fingerprint density at radius 3 is 2.52 bits per heavy atom. The van der Waals surface area contributed by atoms with Crippen LogP contribution in [0.1, 0.15) is 50.6 Å². The zero-order valence-corrected chi connectivity index (χ0v) is 16.0. The van der Waals surface area contributed by atoms with Gasteiger partial charge in [-0.3, -0.25) is 4.99 Å². The Balaban J connectivity index is 1.82. The summed E-state index contributed by atoms with van der Waals surface area (Å²) in [6.45, 7) is 10.1. The van der Waals surface area contributed by atoms with Gasteiger partial charge in [0.25, 0.3) is 0 Å². The maximum atomic E-state index is 5.35. The minimum absolute atomic E-state index is 0.121. The van der Waals surface area contributed by atoms with Gasteiger partial charge < -0.3 is 15.2 Å². The van der Waals surface area contributed by atoms with Crippen molar-refractivity contribution in [1.29, 1.82) is 0 Å². The second-order valence-electron chi connectivity index (χ2n) is 7.48. The lowest BCUT2D eigenvalue weighted by Gasteiger charge is -2.26. The van der Waals surface area contributed by atoms with E-state index in [0.29, 0.717) is 12.5 Å². The summed E-state index contributed by atoms with van der Waals surface area (Å²) in [5, 5.41) is 10.8. The van der Waals surface area contributed by atoms with Crippen molar-refractivity contribution >= 4 is 5.96 Å². The SMILES string of the molecule is CN=C(NCc1cc(C(C)C)no1)NCC(C)(C)Cc1ccccc1. The standard InChI is InChI=1S/C20H30N4O/c1-15(2)18-11-17(25-24-18)13-22-19(21-5)23-14-20(3,4)12-16-9-7-6-8-10-16/h6-11,15H,12-14H2,1-5H3,(H2,21,22,23). The van der Waals surface area contributed by atoms with Gasteiger partial charge in [0.05, 0.1) is 12.2 Å². The van der Waals surface area contributed by atoms with Gasteiger partial charge in [-0.15, -0.1) is 0 Å². The van der Waals surface area contributed by atoms with Crippen LogP contribution in [-0.4, -0.2) is 24.7 Å². The van der Waals surface area contributed by atoms with E-state index in [1.807, 2.05) is 6.07 Å². The molecule has 0 aliphatic rings. The molecule has 136 valence electrons. The Morgan fingerprint density at radius 2 is 1.92 bits per heavy atom. The topological polar surface area (TPSA) is 62.5 Å². The second kappa shape index (κ2) is 8.70. The second-order valence-corrected chi connectivity index (χ2v) is 7.48. The number of nitrogens with one attached hydrogen (secondary N) is 2. The lowest BCUT2D eigenvalue weighted by molar-refractivity contribution is 0.356. The molecule has 2 N–H and O–H groups in total. The van der Waals surface area contributed by atoms with Crippen LogP contribution in [0.15, 0.2) is 45.9 Å². The van der Waals surface area contributed by atoms with Gasteiger partial charge in [0.15, 0.2) is 11.7 Å². The highest BCUT2D eigenvalue weighted by Gasteiger charge is 2.19. The molecule has 0 amide bonds. The van der Waals surface area contributed by atoms with Gasteiger partial charge in [-0.1, -0.05) is 63.2 Å². The third-order valence-electron chi connectivity index (χ3n) is 4.08. The first-order valence-corrected chi connectivity index (χ1v) is 8.83. The molecule has 0 atom stereocenters. The molecule has 0 fully saturated rings. The Labute approximate surface area is 150 Å². The maximum absolute atomic E-state index is 5.35. The van der Waals surface area contributed by atoms with E-state index in [0.717, 1.165) is 30.4 Å². The van der Waals surface area contributed by atoms with Crippen LogP contribution in [0.4, 0.5) is 0 Å². The number of aromatic nitrogens is 1. The summed E-state index contributed by atoms with van der Waals surface area (Å²) in [5.41, 5.74) is 2.44. The zero-order valence-electron chi connectivity index (χ0n) is 16.0. The molecular weight excluding hydrogens is 312 g/mol. The third kappa shape index (κ3) is 6.25. The van der Waals surface area contributed by atoms with Crippen molar-refractivity contribution in [2.24, 2.45) is 10.4 Å². The fourth-order valence-corrected chi connectivity index (χ4v) is 2.61. The predicted octanol–water partition coefficient (Wildman–Crippen LogP) is 3.73. The minimum Gasteiger partial charge on any atom is -0.359 e. The third-order valence-corrected chi connectivity index (χ3v) is 4.08. The summed E-state index contributed by atoms with van der Waals surface area (Å²) >= 11 is 0. The summed E-state index contributed by atoms with van der Waals surface area (Å²) in [6, 6.07) is 12.6. The van der Waals surface area contributed by atoms with Crippen LogP contribution in [0.2, 0.25) is 0 Å². The van der Waals surface area contributed by atoms with E-state index in [2.05, 4.69) is 78.8 Å². The van der Waals surface area contributed by atoms with Gasteiger partial charge in [-0.25, -0.2) is 0 Å². The molecular formula is C20H30N4O. The summed E-state index contributed by atoms with van der Waals surface area (Å²) in [5.74, 6) is 1.95. The summed E-state index contributed by atoms with van der Waals surface area (Å²) in [4.78, 5) is 4.29. The number of nitrogens with zero attached hydrogens (tertiary/aromatic N) is 2. The minimum atomic E-state index is 0.121. The number of rotatable bonds is 7. The zero-order chi connectivity index (χ0) is 18.3. The molecule has 1 aromatic heterocycles. The first-order valence-electron chi connectivity index (χ1n) is 8.83. The van der Waals surface area contributed by atoms with Crippen LogP contribution < -0.4 is 10.6 Å². The van der Waals surface area contributed by atoms with Crippen molar-refractivity contribution in [1.82, 2.24) is 15.8 Å². The van der Waals surface area contributed by atoms with Crippen molar-refractivity contribution in [3.8, 4) is 0 Å². The van der Waals surface area contributed by atoms with Crippen molar-refractivity contribution in [3.05, 3.63) is 53.4 Å². The lowest BCUT2D eigenvalue weighted by Crippen LogP contribution is -2.42. The fourth-order valence-electron chi connectivity index (χ4n) is 2.61. The van der Waals surface area contributed by atoms with Gasteiger partial charge in [-0.2, -0.15) is 0 Å². The fraction of sp³-hybridized carbons (Fsp3) is 0.500. The molecule has 5 heteroatoms. The van der Waals surface area contributed by atoms with Crippen LogP contribution in [0.3, 0.4) is 0 Å². The lowest BCUT2D eigenvalue weighted by atomic mass is 9.86. The Bertz CT molecular complexity index is 674. The molecule has 0 radical (unpaired) electrons. The molecule has 0 bridgehead atoms. The van der Waals surface area contributed by atoms with E-state index in [9.17, 15) is 0 Å². The maximum Gasteiger partial charge on any atom is 0.191 e. The number of guanidine groups is 1. The van der Waals surface area contributed by atoms with Crippen LogP contribution >= 0.6 is 0 Å². The van der Waals surface area contributed by atoms with Crippen LogP contribution in [0.5, 0.6) is 0 Å². The van der Waals surface area contributed by atoms with E-state index >= 15 is 0 Å². The molecule has 25 heavy (non-hydrogen) atoms. The quantitative estimate of drug-likeness (QED) is 0.594.